The molecule has 6 nitrogen and oxygen atoms in total. The van der Waals surface area contributed by atoms with Gasteiger partial charge < -0.3 is 20.3 Å². The fourth-order valence-electron chi connectivity index (χ4n) is 13.8. The van der Waals surface area contributed by atoms with Crippen LogP contribution in [0.1, 0.15) is 489 Å². The highest BCUT2D eigenvalue weighted by atomic mass is 16.5. The van der Waals surface area contributed by atoms with Gasteiger partial charge in [0.2, 0.25) is 5.91 Å². The summed E-state index contributed by atoms with van der Waals surface area (Å²) in [6.07, 6.45) is 110. The zero-order valence-corrected chi connectivity index (χ0v) is 64.0. The van der Waals surface area contributed by atoms with Crippen molar-refractivity contribution in [3.05, 3.63) is 36.5 Å². The van der Waals surface area contributed by atoms with Gasteiger partial charge in [-0.25, -0.2) is 0 Å². The van der Waals surface area contributed by atoms with E-state index in [0.29, 0.717) is 19.4 Å². The standard InChI is InChI=1S/C88H169NO5/c1-3-5-7-9-11-13-15-17-19-20-21-22-23-37-40-43-46-49-53-56-60-64-68-72-76-80-86(91)85(84-90)89-87(92)81-77-73-69-65-61-57-54-50-47-44-41-38-35-33-31-29-27-25-24-26-28-30-32-34-36-39-42-45-48-51-55-59-63-67-71-75-79-83-94-88(93)82-78-74-70-66-62-58-52-18-16-14-12-10-8-6-4-2/h24,26,30,32,76,80,85-86,90-91H,3-23,25,27-29,31,33-75,77-79,81-84H2,1-2H3,(H,89,92)/b26-24-,32-30-,80-76+. The van der Waals surface area contributed by atoms with E-state index in [1.807, 2.05) is 6.08 Å². The molecule has 0 heterocycles. The number of ether oxygens (including phenoxy) is 1. The van der Waals surface area contributed by atoms with E-state index < -0.39 is 12.1 Å². The van der Waals surface area contributed by atoms with Crippen molar-refractivity contribution in [1.29, 1.82) is 0 Å². The summed E-state index contributed by atoms with van der Waals surface area (Å²) in [4.78, 5) is 24.7. The Morgan fingerprint density at radius 3 is 0.809 bits per heavy atom. The number of allylic oxidation sites excluding steroid dienone is 5. The molecule has 94 heavy (non-hydrogen) atoms. The summed E-state index contributed by atoms with van der Waals surface area (Å²) in [5.74, 6) is -0.0372. The SMILES string of the molecule is CCCCCCCCCCCCCCCCCCCCCCCCC/C=C/C(O)C(CO)NC(=O)CCCCCCCCCCCCCCCCCCC/C=C\C/C=C\CCCCCCCCCCCCCCCOC(=O)CCCCCCCCCCCCCCCCC. The minimum Gasteiger partial charge on any atom is -0.466 e. The van der Waals surface area contributed by atoms with Crippen molar-refractivity contribution in [2.45, 2.75) is 501 Å². The Morgan fingerprint density at radius 2 is 0.532 bits per heavy atom. The summed E-state index contributed by atoms with van der Waals surface area (Å²) in [5.41, 5.74) is 0. The monoisotopic (exact) mass is 1320 g/mol. The molecule has 0 aromatic heterocycles. The molecular weight excluding hydrogens is 1150 g/mol. The van der Waals surface area contributed by atoms with Gasteiger partial charge in [-0.3, -0.25) is 9.59 Å². The highest BCUT2D eigenvalue weighted by Crippen LogP contribution is 2.20. The number of amides is 1. The van der Waals surface area contributed by atoms with Crippen LogP contribution in [0.25, 0.3) is 0 Å². The first-order chi connectivity index (χ1) is 46.5. The smallest absolute Gasteiger partial charge is 0.305 e. The number of nitrogens with one attached hydrogen (secondary N) is 1. The van der Waals surface area contributed by atoms with Crippen LogP contribution in [0.15, 0.2) is 36.5 Å². The first-order valence-electron chi connectivity index (χ1n) is 43.3. The van der Waals surface area contributed by atoms with E-state index in [2.05, 4.69) is 43.5 Å². The predicted molar refractivity (Wildman–Crippen MR) is 416 cm³/mol. The van der Waals surface area contributed by atoms with E-state index in [1.54, 1.807) is 6.08 Å². The van der Waals surface area contributed by atoms with Crippen LogP contribution in [-0.4, -0.2) is 47.4 Å². The molecule has 3 N–H and O–H groups in total. The van der Waals surface area contributed by atoms with Crippen LogP contribution in [0.4, 0.5) is 0 Å². The second-order valence-electron chi connectivity index (χ2n) is 29.9. The van der Waals surface area contributed by atoms with Crippen molar-refractivity contribution < 1.29 is 24.5 Å². The third kappa shape index (κ3) is 79.1. The first-order valence-corrected chi connectivity index (χ1v) is 43.3. The Kier molecular flexibility index (Phi) is 81.8. The summed E-state index contributed by atoms with van der Waals surface area (Å²) in [7, 11) is 0. The molecule has 556 valence electrons. The second kappa shape index (κ2) is 83.5. The van der Waals surface area contributed by atoms with Gasteiger partial charge in [-0.15, -0.1) is 0 Å². The number of hydrogen-bond acceptors (Lipinski definition) is 5. The summed E-state index contributed by atoms with van der Waals surface area (Å²) < 4.78 is 5.51. The molecular formula is C88H169NO5. The number of aliphatic hydroxyl groups excluding tert-OH is 2. The largest absolute Gasteiger partial charge is 0.466 e. The first kappa shape index (κ1) is 92.1. The van der Waals surface area contributed by atoms with E-state index in [4.69, 9.17) is 4.74 Å². The van der Waals surface area contributed by atoms with Gasteiger partial charge in [-0.05, 0) is 64.2 Å². The lowest BCUT2D eigenvalue weighted by molar-refractivity contribution is -0.143. The molecule has 6 heteroatoms. The fourth-order valence-corrected chi connectivity index (χ4v) is 13.8. The Labute approximate surface area is 589 Å². The van der Waals surface area contributed by atoms with Crippen molar-refractivity contribution in [1.82, 2.24) is 5.32 Å². The van der Waals surface area contributed by atoms with E-state index >= 15 is 0 Å². The van der Waals surface area contributed by atoms with Crippen LogP contribution in [0, 0.1) is 0 Å². The number of unbranched alkanes of at least 4 members (excludes halogenated alkanes) is 67. The van der Waals surface area contributed by atoms with Gasteiger partial charge >= 0.3 is 5.97 Å². The Balaban J connectivity index is 3.38. The van der Waals surface area contributed by atoms with Gasteiger partial charge in [0, 0.05) is 12.8 Å². The normalized spacial score (nSPS) is 12.6. The van der Waals surface area contributed by atoms with Crippen molar-refractivity contribution >= 4 is 11.9 Å². The fraction of sp³-hybridized carbons (Fsp3) is 0.909. The van der Waals surface area contributed by atoms with Crippen molar-refractivity contribution in [2.75, 3.05) is 13.2 Å². The predicted octanol–water partition coefficient (Wildman–Crippen LogP) is 28.9. The Morgan fingerprint density at radius 1 is 0.298 bits per heavy atom. The molecule has 0 saturated carbocycles. The molecule has 0 aliphatic heterocycles. The highest BCUT2D eigenvalue weighted by Gasteiger charge is 2.18. The van der Waals surface area contributed by atoms with Crippen LogP contribution >= 0.6 is 0 Å². The zero-order chi connectivity index (χ0) is 67.7. The van der Waals surface area contributed by atoms with Crippen LogP contribution in [0.2, 0.25) is 0 Å². The zero-order valence-electron chi connectivity index (χ0n) is 64.0. The maximum absolute atomic E-state index is 12.6. The second-order valence-corrected chi connectivity index (χ2v) is 29.9. The molecule has 0 fully saturated rings. The van der Waals surface area contributed by atoms with E-state index in [-0.39, 0.29) is 18.5 Å². The van der Waals surface area contributed by atoms with Gasteiger partial charge in [0.05, 0.1) is 25.4 Å². The highest BCUT2D eigenvalue weighted by molar-refractivity contribution is 5.76. The molecule has 1 amide bonds. The van der Waals surface area contributed by atoms with Crippen molar-refractivity contribution in [2.24, 2.45) is 0 Å². The molecule has 0 saturated heterocycles. The van der Waals surface area contributed by atoms with Crippen LogP contribution in [0.5, 0.6) is 0 Å². The summed E-state index contributed by atoms with van der Waals surface area (Å²) in [6.45, 7) is 4.97. The number of carbonyl (C=O) groups excluding carboxylic acids is 2. The number of hydrogen-bond donors (Lipinski definition) is 3. The number of carbonyl (C=O) groups is 2. The van der Waals surface area contributed by atoms with Gasteiger partial charge in [-0.1, -0.05) is 448 Å². The molecule has 0 aromatic rings. The molecule has 0 aliphatic rings. The van der Waals surface area contributed by atoms with E-state index in [0.717, 1.165) is 44.9 Å². The third-order valence-electron chi connectivity index (χ3n) is 20.4. The van der Waals surface area contributed by atoms with Gasteiger partial charge in [0.15, 0.2) is 0 Å². The minimum absolute atomic E-state index is 0.0224. The number of aliphatic hydroxyl groups is 2. The van der Waals surface area contributed by atoms with Gasteiger partial charge in [-0.2, -0.15) is 0 Å². The maximum atomic E-state index is 12.6. The molecule has 0 rings (SSSR count). The topological polar surface area (TPSA) is 95.9 Å². The third-order valence-corrected chi connectivity index (χ3v) is 20.4. The molecule has 0 spiro atoms. The lowest BCUT2D eigenvalue weighted by Gasteiger charge is -2.20. The molecule has 0 bridgehead atoms. The summed E-state index contributed by atoms with van der Waals surface area (Å²) in [5, 5.41) is 23.3. The molecule has 2 atom stereocenters. The molecule has 0 aliphatic carbocycles. The van der Waals surface area contributed by atoms with E-state index in [9.17, 15) is 19.8 Å². The van der Waals surface area contributed by atoms with Crippen LogP contribution in [0.3, 0.4) is 0 Å². The van der Waals surface area contributed by atoms with Crippen molar-refractivity contribution in [3.63, 3.8) is 0 Å². The lowest BCUT2D eigenvalue weighted by atomic mass is 10.0. The summed E-state index contributed by atoms with van der Waals surface area (Å²) in [6, 6.07) is -0.628. The average molecular weight is 1320 g/mol. The van der Waals surface area contributed by atoms with E-state index in [1.165, 1.54) is 417 Å². The lowest BCUT2D eigenvalue weighted by Crippen LogP contribution is -2.45. The van der Waals surface area contributed by atoms with Gasteiger partial charge in [0.1, 0.15) is 0 Å². The van der Waals surface area contributed by atoms with Crippen LogP contribution in [-0.2, 0) is 14.3 Å². The molecule has 2 unspecified atom stereocenters. The number of rotatable bonds is 82. The molecule has 0 radical (unpaired) electrons. The summed E-state index contributed by atoms with van der Waals surface area (Å²) >= 11 is 0. The van der Waals surface area contributed by atoms with Gasteiger partial charge in [0.25, 0.3) is 0 Å². The Bertz CT molecular complexity index is 1520. The molecule has 0 aromatic carbocycles. The number of esters is 1. The maximum Gasteiger partial charge on any atom is 0.305 e. The Hall–Kier alpha value is -1.92. The minimum atomic E-state index is -0.845. The van der Waals surface area contributed by atoms with Crippen molar-refractivity contribution in [3.8, 4) is 0 Å². The van der Waals surface area contributed by atoms with Crippen LogP contribution < -0.4 is 5.32 Å². The quantitative estimate of drug-likeness (QED) is 0.0320. The average Bonchev–Trinajstić information content (AvgIpc) is 3.26.